The van der Waals surface area contributed by atoms with Gasteiger partial charge in [0.2, 0.25) is 0 Å². The van der Waals surface area contributed by atoms with Crippen molar-refractivity contribution in [3.63, 3.8) is 0 Å². The van der Waals surface area contributed by atoms with Crippen LogP contribution < -0.4 is 5.32 Å². The Labute approximate surface area is 133 Å². The number of nitrogens with one attached hydrogen (secondary N) is 1. The van der Waals surface area contributed by atoms with Gasteiger partial charge in [-0.15, -0.1) is 0 Å². The molecule has 1 aromatic carbocycles. The number of rotatable bonds is 4. The van der Waals surface area contributed by atoms with Gasteiger partial charge in [-0.05, 0) is 69.3 Å². The molecule has 3 rings (SSSR count). The van der Waals surface area contributed by atoms with E-state index in [2.05, 4.69) is 42.4 Å². The fourth-order valence-electron chi connectivity index (χ4n) is 3.56. The van der Waals surface area contributed by atoms with Crippen LogP contribution in [-0.2, 0) is 0 Å². The third kappa shape index (κ3) is 3.80. The summed E-state index contributed by atoms with van der Waals surface area (Å²) in [6.45, 7) is 4.41. The maximum absolute atomic E-state index is 6.37. The average molecular weight is 307 g/mol. The van der Waals surface area contributed by atoms with Gasteiger partial charge in [0, 0.05) is 23.7 Å². The molecule has 1 aliphatic carbocycles. The lowest BCUT2D eigenvalue weighted by molar-refractivity contribution is 0.189. The van der Waals surface area contributed by atoms with Crippen molar-refractivity contribution in [3.8, 4) is 0 Å². The molecule has 116 valence electrons. The third-order valence-corrected chi connectivity index (χ3v) is 5.45. The zero-order chi connectivity index (χ0) is 14.8. The number of benzene rings is 1. The second-order valence-electron chi connectivity index (χ2n) is 6.87. The summed E-state index contributed by atoms with van der Waals surface area (Å²) in [5, 5.41) is 4.64. The van der Waals surface area contributed by atoms with Crippen LogP contribution in [0.5, 0.6) is 0 Å². The van der Waals surface area contributed by atoms with Gasteiger partial charge >= 0.3 is 0 Å². The van der Waals surface area contributed by atoms with E-state index in [4.69, 9.17) is 11.6 Å². The molecular formula is C18H27ClN2. The highest BCUT2D eigenvalue weighted by Crippen LogP contribution is 2.36. The van der Waals surface area contributed by atoms with Gasteiger partial charge in [0.25, 0.3) is 0 Å². The van der Waals surface area contributed by atoms with E-state index in [0.29, 0.717) is 12.0 Å². The minimum atomic E-state index is 0.497. The Morgan fingerprint density at radius 1 is 1.24 bits per heavy atom. The van der Waals surface area contributed by atoms with E-state index >= 15 is 0 Å². The summed E-state index contributed by atoms with van der Waals surface area (Å²) in [7, 11) is 2.27. The lowest BCUT2D eigenvalue weighted by Gasteiger charge is -2.33. The van der Waals surface area contributed by atoms with E-state index < -0.39 is 0 Å². The van der Waals surface area contributed by atoms with Crippen molar-refractivity contribution in [2.24, 2.45) is 5.92 Å². The highest BCUT2D eigenvalue weighted by Gasteiger charge is 2.31. The van der Waals surface area contributed by atoms with Crippen LogP contribution in [0.1, 0.15) is 49.3 Å². The fraction of sp³-hybridized carbons (Fsp3) is 0.667. The largest absolute Gasteiger partial charge is 0.314 e. The molecule has 0 amide bonds. The maximum atomic E-state index is 6.37. The molecule has 2 unspecified atom stereocenters. The SMILES string of the molecule is Cc1ccc(C2C(CNC3CC3)CCCCN2C)cc1Cl. The van der Waals surface area contributed by atoms with Crippen molar-refractivity contribution in [3.05, 3.63) is 34.3 Å². The van der Waals surface area contributed by atoms with Crippen LogP contribution in [0.2, 0.25) is 5.02 Å². The highest BCUT2D eigenvalue weighted by atomic mass is 35.5. The van der Waals surface area contributed by atoms with Crippen LogP contribution in [0, 0.1) is 12.8 Å². The molecule has 0 bridgehead atoms. The monoisotopic (exact) mass is 306 g/mol. The van der Waals surface area contributed by atoms with Gasteiger partial charge in [0.15, 0.2) is 0 Å². The van der Waals surface area contributed by atoms with Crippen LogP contribution in [0.3, 0.4) is 0 Å². The summed E-state index contributed by atoms with van der Waals surface area (Å²) in [4.78, 5) is 2.53. The normalized spacial score (nSPS) is 27.6. The first-order chi connectivity index (χ1) is 10.1. The number of halogens is 1. The summed E-state index contributed by atoms with van der Waals surface area (Å²) >= 11 is 6.37. The summed E-state index contributed by atoms with van der Waals surface area (Å²) in [6.07, 6.45) is 6.71. The Morgan fingerprint density at radius 3 is 2.76 bits per heavy atom. The van der Waals surface area contributed by atoms with Crippen LogP contribution in [0.25, 0.3) is 0 Å². The van der Waals surface area contributed by atoms with E-state index in [1.54, 1.807) is 0 Å². The van der Waals surface area contributed by atoms with E-state index in [1.165, 1.54) is 49.8 Å². The summed E-state index contributed by atoms with van der Waals surface area (Å²) in [6, 6.07) is 7.92. The number of aryl methyl sites for hydroxylation is 1. The predicted molar refractivity (Wildman–Crippen MR) is 89.9 cm³/mol. The van der Waals surface area contributed by atoms with E-state index in [9.17, 15) is 0 Å². The Morgan fingerprint density at radius 2 is 2.05 bits per heavy atom. The first-order valence-electron chi connectivity index (χ1n) is 8.35. The van der Waals surface area contributed by atoms with Crippen LogP contribution >= 0.6 is 11.6 Å². The van der Waals surface area contributed by atoms with Crippen molar-refractivity contribution in [2.45, 2.75) is 51.1 Å². The summed E-state index contributed by atoms with van der Waals surface area (Å²) < 4.78 is 0. The molecule has 1 N–H and O–H groups in total. The van der Waals surface area contributed by atoms with E-state index in [1.807, 2.05) is 0 Å². The first-order valence-corrected chi connectivity index (χ1v) is 8.72. The molecule has 0 radical (unpaired) electrons. The van der Waals surface area contributed by atoms with Gasteiger partial charge in [-0.2, -0.15) is 0 Å². The Kier molecular flexibility index (Phi) is 4.88. The van der Waals surface area contributed by atoms with Gasteiger partial charge in [-0.3, -0.25) is 4.90 Å². The summed E-state index contributed by atoms with van der Waals surface area (Å²) in [5.41, 5.74) is 2.56. The second kappa shape index (κ2) is 6.68. The molecular weight excluding hydrogens is 280 g/mol. The smallest absolute Gasteiger partial charge is 0.0438 e. The van der Waals surface area contributed by atoms with Crippen molar-refractivity contribution >= 4 is 11.6 Å². The van der Waals surface area contributed by atoms with Crippen molar-refractivity contribution in [2.75, 3.05) is 20.1 Å². The third-order valence-electron chi connectivity index (χ3n) is 5.04. The second-order valence-corrected chi connectivity index (χ2v) is 7.28. The molecule has 0 aromatic heterocycles. The Balaban J connectivity index is 1.81. The molecule has 2 aliphatic rings. The average Bonchev–Trinajstić information content (AvgIpc) is 3.28. The lowest BCUT2D eigenvalue weighted by Crippen LogP contribution is -2.35. The fourth-order valence-corrected chi connectivity index (χ4v) is 3.75. The van der Waals surface area contributed by atoms with Crippen LogP contribution in [0.15, 0.2) is 18.2 Å². The summed E-state index contributed by atoms with van der Waals surface area (Å²) in [5.74, 6) is 0.692. The maximum Gasteiger partial charge on any atom is 0.0438 e. The Bertz CT molecular complexity index is 484. The molecule has 1 aromatic rings. The van der Waals surface area contributed by atoms with Crippen molar-refractivity contribution in [1.29, 1.82) is 0 Å². The van der Waals surface area contributed by atoms with Gasteiger partial charge in [-0.1, -0.05) is 30.2 Å². The quantitative estimate of drug-likeness (QED) is 0.898. The molecule has 1 saturated heterocycles. The molecule has 21 heavy (non-hydrogen) atoms. The zero-order valence-corrected chi connectivity index (χ0v) is 14.0. The van der Waals surface area contributed by atoms with Gasteiger partial charge in [0.05, 0.1) is 0 Å². The topological polar surface area (TPSA) is 15.3 Å². The van der Waals surface area contributed by atoms with E-state index in [-0.39, 0.29) is 0 Å². The minimum absolute atomic E-state index is 0.497. The molecule has 0 spiro atoms. The standard InChI is InChI=1S/C18H27ClN2/c1-13-6-7-14(11-17(13)19)18-15(12-20-16-8-9-16)5-3-4-10-21(18)2/h6-7,11,15-16,18,20H,3-5,8-10,12H2,1-2H3. The van der Waals surface area contributed by atoms with Gasteiger partial charge in [0.1, 0.15) is 0 Å². The molecule has 2 fully saturated rings. The van der Waals surface area contributed by atoms with E-state index in [0.717, 1.165) is 17.6 Å². The molecule has 2 atom stereocenters. The van der Waals surface area contributed by atoms with Gasteiger partial charge < -0.3 is 5.32 Å². The molecule has 3 heteroatoms. The number of hydrogen-bond donors (Lipinski definition) is 1. The lowest BCUT2D eigenvalue weighted by atomic mass is 9.89. The molecule has 1 aliphatic heterocycles. The van der Waals surface area contributed by atoms with Crippen molar-refractivity contribution < 1.29 is 0 Å². The minimum Gasteiger partial charge on any atom is -0.314 e. The first kappa shape index (κ1) is 15.3. The van der Waals surface area contributed by atoms with Crippen LogP contribution in [0.4, 0.5) is 0 Å². The number of nitrogens with zero attached hydrogens (tertiary/aromatic N) is 1. The highest BCUT2D eigenvalue weighted by molar-refractivity contribution is 6.31. The van der Waals surface area contributed by atoms with Crippen molar-refractivity contribution in [1.82, 2.24) is 10.2 Å². The van der Waals surface area contributed by atoms with Crippen LogP contribution in [-0.4, -0.2) is 31.1 Å². The number of hydrogen-bond acceptors (Lipinski definition) is 2. The van der Waals surface area contributed by atoms with Gasteiger partial charge in [-0.25, -0.2) is 0 Å². The molecule has 2 nitrogen and oxygen atoms in total. The molecule has 1 saturated carbocycles. The number of likely N-dealkylation sites (tertiary alicyclic amines) is 1. The molecule has 1 heterocycles. The zero-order valence-electron chi connectivity index (χ0n) is 13.2. The predicted octanol–water partition coefficient (Wildman–Crippen LogP) is 4.17. The Hall–Kier alpha value is -0.570.